The number of sulfone groups is 1. The summed E-state index contributed by atoms with van der Waals surface area (Å²) in [5.74, 6) is -1.48. The van der Waals surface area contributed by atoms with Crippen molar-refractivity contribution in [3.8, 4) is 0 Å². The third-order valence-electron chi connectivity index (χ3n) is 4.36. The largest absolute Gasteiger partial charge is 0.368 e. The van der Waals surface area contributed by atoms with Crippen LogP contribution in [0.4, 0.5) is 0 Å². The molecule has 0 unspecified atom stereocenters. The van der Waals surface area contributed by atoms with Crippen LogP contribution in [0, 0.1) is 0 Å². The Hall–Kier alpha value is -1.40. The van der Waals surface area contributed by atoms with Gasteiger partial charge in [0.2, 0.25) is 5.91 Å². The molecule has 0 saturated carbocycles. The normalized spacial score (nSPS) is 15.4. The lowest BCUT2D eigenvalue weighted by Gasteiger charge is -2.28. The van der Waals surface area contributed by atoms with Gasteiger partial charge in [-0.05, 0) is 30.4 Å². The van der Waals surface area contributed by atoms with E-state index < -0.39 is 32.3 Å². The van der Waals surface area contributed by atoms with E-state index in [0.29, 0.717) is 12.8 Å². The van der Waals surface area contributed by atoms with E-state index in [9.17, 15) is 13.2 Å². The molecule has 0 bridgehead atoms. The van der Waals surface area contributed by atoms with E-state index in [-0.39, 0.29) is 19.3 Å². The summed E-state index contributed by atoms with van der Waals surface area (Å²) in [6.45, 7) is 5.69. The summed E-state index contributed by atoms with van der Waals surface area (Å²) in [6, 6.07) is 7.53. The summed E-state index contributed by atoms with van der Waals surface area (Å²) >= 11 is 0. The van der Waals surface area contributed by atoms with Gasteiger partial charge in [-0.15, -0.1) is 0 Å². The quantitative estimate of drug-likeness (QED) is 0.625. The van der Waals surface area contributed by atoms with E-state index in [1.807, 2.05) is 45.0 Å². The fraction of sp³-hybridized carbons (Fsp3) is 0.632. The number of hydrogen-bond acceptors (Lipinski definition) is 4. The number of nitrogens with two attached hydrogens (primary N) is 2. The minimum Gasteiger partial charge on any atom is -0.368 e. The third-order valence-corrected chi connectivity index (χ3v) is 6.54. The maximum Gasteiger partial charge on any atom is 0.238 e. The molecule has 0 heterocycles. The number of carbonyl (C=O) groups is 1. The van der Waals surface area contributed by atoms with Gasteiger partial charge >= 0.3 is 0 Å². The maximum absolute atomic E-state index is 13.0. The van der Waals surface area contributed by atoms with Crippen LogP contribution in [0.2, 0.25) is 0 Å². The van der Waals surface area contributed by atoms with Crippen LogP contribution in [-0.4, -0.2) is 30.8 Å². The second-order valence-corrected chi connectivity index (χ2v) is 8.76. The van der Waals surface area contributed by atoms with Crippen molar-refractivity contribution in [1.82, 2.24) is 0 Å². The first-order valence-corrected chi connectivity index (χ1v) is 10.6. The summed E-state index contributed by atoms with van der Waals surface area (Å²) < 4.78 is 34.5. The Balaban J connectivity index is 3.20. The molecular formula is C19H32N2O3S. The van der Waals surface area contributed by atoms with Crippen molar-refractivity contribution in [2.45, 2.75) is 70.1 Å². The number of amides is 1. The average Bonchev–Trinajstić information content (AvgIpc) is 2.54. The van der Waals surface area contributed by atoms with Gasteiger partial charge in [-0.25, -0.2) is 8.42 Å². The van der Waals surface area contributed by atoms with Gasteiger partial charge in [-0.1, -0.05) is 57.9 Å². The van der Waals surface area contributed by atoms with E-state index in [4.69, 9.17) is 12.8 Å². The van der Waals surface area contributed by atoms with Gasteiger partial charge in [0.1, 0.15) is 5.54 Å². The Morgan fingerprint density at radius 2 is 1.76 bits per heavy atom. The van der Waals surface area contributed by atoms with Crippen molar-refractivity contribution in [1.29, 1.82) is 0 Å². The molecule has 0 aliphatic carbocycles. The van der Waals surface area contributed by atoms with Crippen LogP contribution in [0.25, 0.3) is 0 Å². The van der Waals surface area contributed by atoms with Crippen molar-refractivity contribution in [2.24, 2.45) is 11.5 Å². The molecule has 1 amide bonds. The van der Waals surface area contributed by atoms with E-state index in [0.717, 1.165) is 17.5 Å². The predicted octanol–water partition coefficient (Wildman–Crippen LogP) is 2.36. The molecule has 1 atom stereocenters. The summed E-state index contributed by atoms with van der Waals surface area (Å²) in [7, 11) is -3.94. The van der Waals surface area contributed by atoms with Crippen LogP contribution in [0.5, 0.6) is 0 Å². The lowest BCUT2D eigenvalue weighted by molar-refractivity contribution is -0.122. The molecule has 0 fully saturated rings. The second kappa shape index (κ2) is 9.34. The summed E-state index contributed by atoms with van der Waals surface area (Å²) in [5.41, 5.74) is 11.8. The zero-order valence-corrected chi connectivity index (χ0v) is 16.4. The maximum atomic E-state index is 13.0. The topological polar surface area (TPSA) is 103 Å². The monoisotopic (exact) mass is 369 g/mol. The fourth-order valence-corrected chi connectivity index (χ4v) is 5.12. The third kappa shape index (κ3) is 6.12. The van der Waals surface area contributed by atoms with Crippen molar-refractivity contribution < 1.29 is 14.6 Å². The molecule has 1 rings (SSSR count). The molecule has 5 nitrogen and oxygen atoms in total. The molecule has 6 heteroatoms. The highest BCUT2D eigenvalue weighted by Gasteiger charge is 2.40. The first-order chi connectivity index (χ1) is 12.0. The van der Waals surface area contributed by atoms with Gasteiger partial charge in [0.25, 0.3) is 0 Å². The van der Waals surface area contributed by atoms with E-state index >= 15 is 0 Å². The molecule has 0 radical (unpaired) electrons. The van der Waals surface area contributed by atoms with E-state index in [1.165, 1.54) is 0 Å². The standard InChI is InChI=1S/C19H32N2O3S/c1-4-8-17(9-5-2)25(23,24)14-19(21,18(20)22)13-16-11-7-10-15(6-3)12-16/h7,10-12,17H,4-6,8-9,13-14,21H2,1-3H3,(H2,20,22)/t19-/m0/s1/i17D. The van der Waals surface area contributed by atoms with Gasteiger partial charge in [-0.2, -0.15) is 0 Å². The molecule has 0 aliphatic heterocycles. The lowest BCUT2D eigenvalue weighted by Crippen LogP contribution is -2.59. The number of aryl methyl sites for hydroxylation is 1. The molecule has 0 aliphatic rings. The van der Waals surface area contributed by atoms with Gasteiger partial charge in [0, 0.05) is 7.79 Å². The molecule has 0 saturated heterocycles. The van der Waals surface area contributed by atoms with Crippen LogP contribution in [0.1, 0.15) is 59.0 Å². The van der Waals surface area contributed by atoms with Crippen molar-refractivity contribution in [3.63, 3.8) is 0 Å². The van der Waals surface area contributed by atoms with Gasteiger partial charge in [-0.3, -0.25) is 4.79 Å². The van der Waals surface area contributed by atoms with Crippen molar-refractivity contribution >= 4 is 15.7 Å². The van der Waals surface area contributed by atoms with Crippen molar-refractivity contribution in [3.05, 3.63) is 35.4 Å². The first-order valence-electron chi connectivity index (χ1n) is 9.42. The molecule has 0 spiro atoms. The fourth-order valence-electron chi connectivity index (χ4n) is 2.97. The average molecular weight is 370 g/mol. The summed E-state index contributed by atoms with van der Waals surface area (Å²) in [6.07, 6.45) is 2.41. The lowest BCUT2D eigenvalue weighted by atomic mass is 9.92. The van der Waals surface area contributed by atoms with Gasteiger partial charge in [0.05, 0.1) is 11.0 Å². The predicted molar refractivity (Wildman–Crippen MR) is 103 cm³/mol. The van der Waals surface area contributed by atoms with Crippen LogP contribution in [0.15, 0.2) is 24.3 Å². The molecule has 25 heavy (non-hydrogen) atoms. The molecule has 0 aromatic heterocycles. The highest BCUT2D eigenvalue weighted by atomic mass is 32.2. The van der Waals surface area contributed by atoms with Crippen LogP contribution >= 0.6 is 0 Å². The summed E-state index contributed by atoms with van der Waals surface area (Å²) in [5, 5.41) is -1.64. The SMILES string of the molecule is [2H]C(CCC)(CCC)S(=O)(=O)C[C@@](N)(Cc1cccc(CC)c1)C(N)=O. The first kappa shape index (κ1) is 19.9. The van der Waals surface area contributed by atoms with Crippen molar-refractivity contribution in [2.75, 3.05) is 5.75 Å². The number of hydrogen-bond donors (Lipinski definition) is 2. The van der Waals surface area contributed by atoms with Crippen LogP contribution in [0.3, 0.4) is 0 Å². The molecule has 142 valence electrons. The highest BCUT2D eigenvalue weighted by molar-refractivity contribution is 7.92. The Kier molecular flexibility index (Phi) is 7.44. The molecule has 1 aromatic rings. The van der Waals surface area contributed by atoms with E-state index in [2.05, 4.69) is 0 Å². The Bertz CT molecular complexity index is 715. The van der Waals surface area contributed by atoms with Crippen LogP contribution < -0.4 is 11.5 Å². The molecule has 4 N–H and O–H groups in total. The smallest absolute Gasteiger partial charge is 0.238 e. The zero-order chi connectivity index (χ0) is 20.0. The number of benzene rings is 1. The highest BCUT2D eigenvalue weighted by Crippen LogP contribution is 2.22. The van der Waals surface area contributed by atoms with Gasteiger partial charge in [0.15, 0.2) is 9.84 Å². The van der Waals surface area contributed by atoms with Gasteiger partial charge < -0.3 is 11.5 Å². The minimum atomic E-state index is -3.94. The Morgan fingerprint density at radius 1 is 1.20 bits per heavy atom. The van der Waals surface area contributed by atoms with Crippen LogP contribution in [-0.2, 0) is 27.5 Å². The van der Waals surface area contributed by atoms with E-state index in [1.54, 1.807) is 0 Å². The minimum absolute atomic E-state index is 0.0315. The molecular weight excluding hydrogens is 336 g/mol. The number of carbonyl (C=O) groups excluding carboxylic acids is 1. The second-order valence-electron chi connectivity index (χ2n) is 6.67. The Labute approximate surface area is 153 Å². The zero-order valence-electron chi connectivity index (χ0n) is 16.5. The summed E-state index contributed by atoms with van der Waals surface area (Å²) in [4.78, 5) is 12.1. The molecule has 1 aromatic carbocycles. The number of rotatable bonds is 11. The Morgan fingerprint density at radius 3 is 2.24 bits per heavy atom. The number of primary amides is 1.